The Labute approximate surface area is 116 Å². The van der Waals surface area contributed by atoms with Gasteiger partial charge in [-0.15, -0.1) is 0 Å². The van der Waals surface area contributed by atoms with Crippen LogP contribution in [0, 0.1) is 5.92 Å². The zero-order valence-corrected chi connectivity index (χ0v) is 12.1. The van der Waals surface area contributed by atoms with Crippen molar-refractivity contribution in [1.82, 2.24) is 5.32 Å². The maximum Gasteiger partial charge on any atom is 0.119 e. The fourth-order valence-corrected chi connectivity index (χ4v) is 2.73. The summed E-state index contributed by atoms with van der Waals surface area (Å²) in [6.07, 6.45) is 3.51. The molecule has 3 nitrogen and oxygen atoms in total. The fourth-order valence-electron chi connectivity index (χ4n) is 2.73. The number of rotatable bonds is 5. The lowest BCUT2D eigenvalue weighted by atomic mass is 9.86. The van der Waals surface area contributed by atoms with Crippen molar-refractivity contribution < 1.29 is 9.84 Å². The molecule has 0 aliphatic heterocycles. The Hall–Kier alpha value is -1.06. The van der Waals surface area contributed by atoms with Crippen LogP contribution in [0.15, 0.2) is 18.2 Å². The van der Waals surface area contributed by atoms with Crippen LogP contribution in [0.4, 0.5) is 0 Å². The number of hydrogen-bond donors (Lipinski definition) is 2. The average molecular weight is 263 g/mol. The second-order valence-electron chi connectivity index (χ2n) is 5.62. The summed E-state index contributed by atoms with van der Waals surface area (Å²) in [5.74, 6) is 1.22. The topological polar surface area (TPSA) is 41.5 Å². The van der Waals surface area contributed by atoms with E-state index < -0.39 is 0 Å². The summed E-state index contributed by atoms with van der Waals surface area (Å²) in [5.41, 5.74) is 2.79. The molecule has 0 saturated heterocycles. The van der Waals surface area contributed by atoms with E-state index in [9.17, 15) is 5.11 Å². The number of nitrogens with one attached hydrogen (secondary N) is 1. The first-order valence-electron chi connectivity index (χ1n) is 7.19. The average Bonchev–Trinajstić information content (AvgIpc) is 2.45. The van der Waals surface area contributed by atoms with E-state index in [0.29, 0.717) is 12.1 Å². The maximum absolute atomic E-state index is 9.24. The van der Waals surface area contributed by atoms with Crippen LogP contribution in [-0.2, 0) is 6.42 Å². The summed E-state index contributed by atoms with van der Waals surface area (Å²) in [4.78, 5) is 0. The highest BCUT2D eigenvalue weighted by Gasteiger charge is 2.23. The van der Waals surface area contributed by atoms with E-state index >= 15 is 0 Å². The SMILES string of the molecule is COc1ccc2c(c1)CCCC2NC(C)C(C)CO. The van der Waals surface area contributed by atoms with Gasteiger partial charge in [0.2, 0.25) is 0 Å². The second kappa shape index (κ2) is 6.40. The van der Waals surface area contributed by atoms with Crippen molar-refractivity contribution in [3.05, 3.63) is 29.3 Å². The maximum atomic E-state index is 9.24. The van der Waals surface area contributed by atoms with Gasteiger partial charge in [-0.1, -0.05) is 13.0 Å². The number of ether oxygens (including phenoxy) is 1. The number of methoxy groups -OCH3 is 1. The predicted octanol–water partition coefficient (Wildman–Crippen LogP) is 2.68. The molecule has 0 aromatic heterocycles. The van der Waals surface area contributed by atoms with E-state index in [1.807, 2.05) is 6.07 Å². The van der Waals surface area contributed by atoms with Gasteiger partial charge in [0.05, 0.1) is 7.11 Å². The van der Waals surface area contributed by atoms with Crippen molar-refractivity contribution in [2.75, 3.05) is 13.7 Å². The number of aliphatic hydroxyl groups is 1. The zero-order valence-electron chi connectivity index (χ0n) is 12.1. The van der Waals surface area contributed by atoms with Gasteiger partial charge < -0.3 is 15.2 Å². The van der Waals surface area contributed by atoms with Gasteiger partial charge in [-0.25, -0.2) is 0 Å². The molecule has 1 aliphatic rings. The van der Waals surface area contributed by atoms with E-state index in [4.69, 9.17) is 4.74 Å². The molecule has 2 rings (SSSR count). The molecule has 0 heterocycles. The van der Waals surface area contributed by atoms with Crippen LogP contribution in [0.25, 0.3) is 0 Å². The highest BCUT2D eigenvalue weighted by Crippen LogP contribution is 2.32. The van der Waals surface area contributed by atoms with Gasteiger partial charge >= 0.3 is 0 Å². The molecule has 3 heteroatoms. The molecule has 19 heavy (non-hydrogen) atoms. The molecule has 2 N–H and O–H groups in total. The molecule has 0 saturated carbocycles. The van der Waals surface area contributed by atoms with E-state index in [1.54, 1.807) is 7.11 Å². The minimum atomic E-state index is 0.232. The quantitative estimate of drug-likeness (QED) is 0.858. The van der Waals surface area contributed by atoms with Gasteiger partial charge in [-0.2, -0.15) is 0 Å². The van der Waals surface area contributed by atoms with Crippen LogP contribution in [0.2, 0.25) is 0 Å². The van der Waals surface area contributed by atoms with Gasteiger partial charge in [0, 0.05) is 18.7 Å². The Bertz CT molecular complexity index is 419. The monoisotopic (exact) mass is 263 g/mol. The molecule has 1 aromatic carbocycles. The van der Waals surface area contributed by atoms with Crippen molar-refractivity contribution in [3.63, 3.8) is 0 Å². The van der Waals surface area contributed by atoms with Crippen molar-refractivity contribution in [2.45, 2.75) is 45.2 Å². The Balaban J connectivity index is 2.13. The van der Waals surface area contributed by atoms with E-state index in [1.165, 1.54) is 24.0 Å². The zero-order chi connectivity index (χ0) is 13.8. The van der Waals surface area contributed by atoms with Crippen molar-refractivity contribution in [2.24, 2.45) is 5.92 Å². The second-order valence-corrected chi connectivity index (χ2v) is 5.62. The van der Waals surface area contributed by atoms with Crippen LogP contribution in [-0.4, -0.2) is 24.9 Å². The van der Waals surface area contributed by atoms with E-state index in [-0.39, 0.29) is 12.5 Å². The van der Waals surface area contributed by atoms with Gasteiger partial charge in [-0.05, 0) is 55.4 Å². The molecule has 0 radical (unpaired) electrons. The number of hydrogen-bond acceptors (Lipinski definition) is 3. The molecule has 3 unspecified atom stereocenters. The standard InChI is InChI=1S/C16H25NO2/c1-11(10-18)12(2)17-16-6-4-5-13-9-14(19-3)7-8-15(13)16/h7-9,11-12,16-18H,4-6,10H2,1-3H3. The summed E-state index contributed by atoms with van der Waals surface area (Å²) in [6, 6.07) is 7.10. The largest absolute Gasteiger partial charge is 0.497 e. The number of benzene rings is 1. The van der Waals surface area contributed by atoms with E-state index in [2.05, 4.69) is 31.3 Å². The van der Waals surface area contributed by atoms with Crippen LogP contribution >= 0.6 is 0 Å². The molecule has 1 aromatic rings. The van der Waals surface area contributed by atoms with Crippen LogP contribution < -0.4 is 10.1 Å². The molecule has 0 fully saturated rings. The lowest BCUT2D eigenvalue weighted by Crippen LogP contribution is -2.38. The minimum absolute atomic E-state index is 0.232. The van der Waals surface area contributed by atoms with E-state index in [0.717, 1.165) is 12.2 Å². The Morgan fingerprint density at radius 1 is 1.42 bits per heavy atom. The van der Waals surface area contributed by atoms with Crippen molar-refractivity contribution >= 4 is 0 Å². The summed E-state index contributed by atoms with van der Waals surface area (Å²) in [5, 5.41) is 12.9. The lowest BCUT2D eigenvalue weighted by Gasteiger charge is -2.31. The molecular weight excluding hydrogens is 238 g/mol. The number of aliphatic hydroxyl groups excluding tert-OH is 1. The van der Waals surface area contributed by atoms with Crippen molar-refractivity contribution in [3.8, 4) is 5.75 Å². The van der Waals surface area contributed by atoms with Gasteiger partial charge in [0.15, 0.2) is 0 Å². The summed E-state index contributed by atoms with van der Waals surface area (Å²) < 4.78 is 5.30. The first kappa shape index (κ1) is 14.4. The summed E-state index contributed by atoms with van der Waals surface area (Å²) >= 11 is 0. The lowest BCUT2D eigenvalue weighted by molar-refractivity contribution is 0.198. The third-order valence-corrected chi connectivity index (χ3v) is 4.27. The normalized spacial score (nSPS) is 21.6. The first-order valence-corrected chi connectivity index (χ1v) is 7.19. The third-order valence-electron chi connectivity index (χ3n) is 4.27. The van der Waals surface area contributed by atoms with Gasteiger partial charge in [0.25, 0.3) is 0 Å². The smallest absolute Gasteiger partial charge is 0.119 e. The molecular formula is C16H25NO2. The Morgan fingerprint density at radius 2 is 2.21 bits per heavy atom. The summed E-state index contributed by atoms with van der Waals surface area (Å²) in [6.45, 7) is 4.46. The molecule has 0 bridgehead atoms. The molecule has 0 amide bonds. The number of aryl methyl sites for hydroxylation is 1. The fraction of sp³-hybridized carbons (Fsp3) is 0.625. The highest BCUT2D eigenvalue weighted by molar-refractivity contribution is 5.39. The number of fused-ring (bicyclic) bond motifs is 1. The minimum Gasteiger partial charge on any atom is -0.497 e. The van der Waals surface area contributed by atoms with Gasteiger partial charge in [0.1, 0.15) is 5.75 Å². The summed E-state index contributed by atoms with van der Waals surface area (Å²) in [7, 11) is 1.71. The molecule has 1 aliphatic carbocycles. The van der Waals surface area contributed by atoms with Crippen molar-refractivity contribution in [1.29, 1.82) is 0 Å². The van der Waals surface area contributed by atoms with Crippen LogP contribution in [0.5, 0.6) is 5.75 Å². The van der Waals surface area contributed by atoms with Gasteiger partial charge in [-0.3, -0.25) is 0 Å². The molecule has 0 spiro atoms. The predicted molar refractivity (Wildman–Crippen MR) is 77.5 cm³/mol. The Morgan fingerprint density at radius 3 is 2.89 bits per heavy atom. The first-order chi connectivity index (χ1) is 9.15. The molecule has 3 atom stereocenters. The molecule has 106 valence electrons. The third kappa shape index (κ3) is 3.28. The Kier molecular flexibility index (Phi) is 4.83. The highest BCUT2D eigenvalue weighted by atomic mass is 16.5. The van der Waals surface area contributed by atoms with Crippen LogP contribution in [0.1, 0.15) is 43.9 Å². The van der Waals surface area contributed by atoms with Crippen LogP contribution in [0.3, 0.4) is 0 Å².